The number of halogens is 1. The Morgan fingerprint density at radius 1 is 1.36 bits per heavy atom. The molecule has 0 radical (unpaired) electrons. The van der Waals surface area contributed by atoms with Crippen molar-refractivity contribution in [2.45, 2.75) is 25.8 Å². The van der Waals surface area contributed by atoms with Gasteiger partial charge >= 0.3 is 0 Å². The van der Waals surface area contributed by atoms with E-state index in [-0.39, 0.29) is 11.7 Å². The highest BCUT2D eigenvalue weighted by Gasteiger charge is 2.37. The molecule has 2 aromatic rings. The quantitative estimate of drug-likeness (QED) is 0.832. The number of amides is 1. The van der Waals surface area contributed by atoms with Crippen molar-refractivity contribution >= 4 is 44.0 Å². The summed E-state index contributed by atoms with van der Waals surface area (Å²) in [5.41, 5.74) is 0.846. The van der Waals surface area contributed by atoms with Gasteiger partial charge in [-0.15, -0.1) is 10.2 Å². The van der Waals surface area contributed by atoms with Gasteiger partial charge < -0.3 is 0 Å². The Morgan fingerprint density at radius 2 is 2.08 bits per heavy atom. The Morgan fingerprint density at radius 3 is 2.76 bits per heavy atom. The predicted octanol–water partition coefficient (Wildman–Crippen LogP) is 2.61. The molecule has 0 aliphatic carbocycles. The summed E-state index contributed by atoms with van der Waals surface area (Å²) in [6.45, 7) is 1.95. The number of nitrogens with one attached hydrogen (secondary N) is 1. The minimum atomic E-state index is -3.40. The molecule has 7 nitrogen and oxygen atoms in total. The zero-order chi connectivity index (χ0) is 18.0. The summed E-state index contributed by atoms with van der Waals surface area (Å²) in [5, 5.41) is 12.3. The second-order valence-corrected chi connectivity index (χ2v) is 9.20. The molecule has 1 fully saturated rings. The third-order valence-electron chi connectivity index (χ3n) is 3.97. The van der Waals surface area contributed by atoms with E-state index in [1.165, 1.54) is 15.6 Å². The van der Waals surface area contributed by atoms with Crippen molar-refractivity contribution in [2.75, 3.05) is 17.6 Å². The van der Waals surface area contributed by atoms with Crippen LogP contribution in [0.4, 0.5) is 5.13 Å². The van der Waals surface area contributed by atoms with E-state index in [2.05, 4.69) is 15.5 Å². The number of sulfonamides is 1. The smallest absolute Gasteiger partial charge is 0.244 e. The predicted molar refractivity (Wildman–Crippen MR) is 98.2 cm³/mol. The van der Waals surface area contributed by atoms with E-state index in [1.807, 2.05) is 12.1 Å². The lowest BCUT2D eigenvalue weighted by atomic mass is 10.2. The molecule has 1 aromatic heterocycles. The molecule has 1 N–H and O–H groups in total. The van der Waals surface area contributed by atoms with Gasteiger partial charge in [0, 0.05) is 17.1 Å². The van der Waals surface area contributed by atoms with Gasteiger partial charge in [0.1, 0.15) is 11.0 Å². The van der Waals surface area contributed by atoms with Crippen LogP contribution in [-0.2, 0) is 14.8 Å². The summed E-state index contributed by atoms with van der Waals surface area (Å²) >= 11 is 7.09. The van der Waals surface area contributed by atoms with Gasteiger partial charge in [0.15, 0.2) is 0 Å². The Hall–Kier alpha value is -1.55. The normalized spacial score (nSPS) is 18.4. The lowest BCUT2D eigenvalue weighted by Gasteiger charge is -2.21. The lowest BCUT2D eigenvalue weighted by Crippen LogP contribution is -2.43. The first kappa shape index (κ1) is 18.2. The van der Waals surface area contributed by atoms with Crippen LogP contribution in [0.3, 0.4) is 0 Å². The van der Waals surface area contributed by atoms with Gasteiger partial charge in [-0.1, -0.05) is 35.1 Å². The summed E-state index contributed by atoms with van der Waals surface area (Å²) < 4.78 is 25.5. The van der Waals surface area contributed by atoms with Crippen molar-refractivity contribution in [2.24, 2.45) is 0 Å². The van der Waals surface area contributed by atoms with Gasteiger partial charge in [0.05, 0.1) is 5.75 Å². The average Bonchev–Trinajstić information content (AvgIpc) is 3.25. The summed E-state index contributed by atoms with van der Waals surface area (Å²) in [6, 6.07) is 6.46. The van der Waals surface area contributed by atoms with Gasteiger partial charge in [-0.25, -0.2) is 8.42 Å². The molecule has 25 heavy (non-hydrogen) atoms. The number of carbonyl (C=O) groups is 1. The maximum atomic E-state index is 12.5. The van der Waals surface area contributed by atoms with E-state index in [1.54, 1.807) is 19.1 Å². The van der Waals surface area contributed by atoms with Crippen LogP contribution in [-0.4, -0.2) is 47.2 Å². The molecule has 1 aliphatic rings. The SMILES string of the molecule is CCS(=O)(=O)N1CCCC1C(=O)Nc1nnc(-c2ccc(Cl)cc2)s1. The molecule has 1 saturated heterocycles. The number of benzene rings is 1. The van der Waals surface area contributed by atoms with Crippen LogP contribution in [0.15, 0.2) is 24.3 Å². The Balaban J connectivity index is 1.72. The van der Waals surface area contributed by atoms with Crippen molar-refractivity contribution in [1.82, 2.24) is 14.5 Å². The number of anilines is 1. The number of carbonyl (C=O) groups excluding carboxylic acids is 1. The van der Waals surface area contributed by atoms with Crippen molar-refractivity contribution in [1.29, 1.82) is 0 Å². The molecule has 10 heteroatoms. The summed E-state index contributed by atoms with van der Waals surface area (Å²) in [6.07, 6.45) is 1.18. The van der Waals surface area contributed by atoms with E-state index < -0.39 is 16.1 Å². The van der Waals surface area contributed by atoms with Crippen molar-refractivity contribution < 1.29 is 13.2 Å². The molecular weight excluding hydrogens is 384 g/mol. The van der Waals surface area contributed by atoms with Gasteiger partial charge in [-0.3, -0.25) is 10.1 Å². The maximum Gasteiger partial charge on any atom is 0.244 e. The molecule has 0 spiro atoms. The third-order valence-corrected chi connectivity index (χ3v) is 7.00. The Labute approximate surface area is 155 Å². The molecule has 3 rings (SSSR count). The van der Waals surface area contributed by atoms with Crippen LogP contribution in [0.2, 0.25) is 5.02 Å². The topological polar surface area (TPSA) is 92.3 Å². The summed E-state index contributed by atoms with van der Waals surface area (Å²) in [7, 11) is -3.40. The Bertz CT molecular complexity index is 867. The van der Waals surface area contributed by atoms with E-state index in [4.69, 9.17) is 11.6 Å². The van der Waals surface area contributed by atoms with Gasteiger partial charge in [-0.05, 0) is 31.9 Å². The molecule has 1 aromatic carbocycles. The van der Waals surface area contributed by atoms with Crippen LogP contribution in [0.5, 0.6) is 0 Å². The monoisotopic (exact) mass is 400 g/mol. The first-order chi connectivity index (χ1) is 11.9. The van der Waals surface area contributed by atoms with Gasteiger partial charge in [-0.2, -0.15) is 4.31 Å². The van der Waals surface area contributed by atoms with Crippen LogP contribution in [0.1, 0.15) is 19.8 Å². The zero-order valence-electron chi connectivity index (χ0n) is 13.5. The number of hydrogen-bond acceptors (Lipinski definition) is 6. The molecule has 0 bridgehead atoms. The highest BCUT2D eigenvalue weighted by atomic mass is 35.5. The van der Waals surface area contributed by atoms with Crippen LogP contribution < -0.4 is 5.32 Å². The van der Waals surface area contributed by atoms with E-state index in [0.29, 0.717) is 34.5 Å². The molecule has 1 unspecified atom stereocenters. The first-order valence-corrected chi connectivity index (χ1v) is 10.6. The van der Waals surface area contributed by atoms with Crippen molar-refractivity contribution in [3.63, 3.8) is 0 Å². The van der Waals surface area contributed by atoms with Gasteiger partial charge in [0.2, 0.25) is 21.1 Å². The number of rotatable bonds is 5. The summed E-state index contributed by atoms with van der Waals surface area (Å²) in [4.78, 5) is 12.5. The highest BCUT2D eigenvalue weighted by molar-refractivity contribution is 7.89. The van der Waals surface area contributed by atoms with Crippen molar-refractivity contribution in [3.8, 4) is 10.6 Å². The minimum Gasteiger partial charge on any atom is -0.299 e. The van der Waals surface area contributed by atoms with E-state index in [0.717, 1.165) is 5.56 Å². The van der Waals surface area contributed by atoms with E-state index >= 15 is 0 Å². The van der Waals surface area contributed by atoms with E-state index in [9.17, 15) is 13.2 Å². The van der Waals surface area contributed by atoms with Crippen LogP contribution in [0, 0.1) is 0 Å². The Kier molecular flexibility index (Phi) is 5.38. The van der Waals surface area contributed by atoms with Crippen molar-refractivity contribution in [3.05, 3.63) is 29.3 Å². The number of hydrogen-bond donors (Lipinski definition) is 1. The zero-order valence-corrected chi connectivity index (χ0v) is 15.9. The van der Waals surface area contributed by atoms with Crippen LogP contribution in [0.25, 0.3) is 10.6 Å². The lowest BCUT2D eigenvalue weighted by molar-refractivity contribution is -0.119. The highest BCUT2D eigenvalue weighted by Crippen LogP contribution is 2.28. The van der Waals surface area contributed by atoms with Gasteiger partial charge in [0.25, 0.3) is 0 Å². The largest absolute Gasteiger partial charge is 0.299 e. The molecule has 0 saturated carbocycles. The molecular formula is C15H17ClN4O3S2. The third kappa shape index (κ3) is 4.00. The minimum absolute atomic E-state index is 0.0176. The fourth-order valence-corrected chi connectivity index (χ4v) is 4.88. The average molecular weight is 401 g/mol. The fourth-order valence-electron chi connectivity index (χ4n) is 2.67. The second-order valence-electron chi connectivity index (χ2n) is 5.58. The summed E-state index contributed by atoms with van der Waals surface area (Å²) in [5.74, 6) is -0.385. The second kappa shape index (κ2) is 7.36. The number of nitrogens with zero attached hydrogens (tertiary/aromatic N) is 3. The fraction of sp³-hybridized carbons (Fsp3) is 0.400. The first-order valence-electron chi connectivity index (χ1n) is 7.80. The molecule has 134 valence electrons. The molecule has 1 aliphatic heterocycles. The van der Waals surface area contributed by atoms with Crippen LogP contribution >= 0.6 is 22.9 Å². The molecule has 2 heterocycles. The number of aromatic nitrogens is 2. The standard InChI is InChI=1S/C15H17ClN4O3S2/c1-2-25(22,23)20-9-3-4-12(20)13(21)17-15-19-18-14(24-15)10-5-7-11(16)8-6-10/h5-8,12H,2-4,9H2,1H3,(H,17,19,21). The molecule has 1 amide bonds. The molecule has 1 atom stereocenters. The maximum absolute atomic E-state index is 12.5.